The van der Waals surface area contributed by atoms with Crippen molar-refractivity contribution >= 4 is 17.7 Å². The summed E-state index contributed by atoms with van der Waals surface area (Å²) in [5, 5.41) is 7.74. The van der Waals surface area contributed by atoms with E-state index < -0.39 is 0 Å². The van der Waals surface area contributed by atoms with E-state index in [1.165, 1.54) is 25.9 Å². The lowest BCUT2D eigenvalue weighted by atomic mass is 10.0. The predicted octanol–water partition coefficient (Wildman–Crippen LogP) is -1.24. The van der Waals surface area contributed by atoms with Gasteiger partial charge in [0.25, 0.3) is 5.91 Å². The van der Waals surface area contributed by atoms with E-state index in [9.17, 15) is 4.79 Å². The lowest BCUT2D eigenvalue weighted by Gasteiger charge is -2.28. The molecule has 6 nitrogen and oxygen atoms in total. The van der Waals surface area contributed by atoms with Crippen molar-refractivity contribution in [2.24, 2.45) is 0 Å². The number of benzene rings is 1. The monoisotopic (exact) mass is 337 g/mol. The van der Waals surface area contributed by atoms with Crippen molar-refractivity contribution in [1.29, 1.82) is 0 Å². The van der Waals surface area contributed by atoms with Gasteiger partial charge in [-0.2, -0.15) is 0 Å². The van der Waals surface area contributed by atoms with E-state index in [-0.39, 0.29) is 23.6 Å². The first-order valence-corrected chi connectivity index (χ1v) is 9.21. The maximum Gasteiger partial charge on any atom is 0.279 e. The Kier molecular flexibility index (Phi) is 4.09. The third-order valence-corrected chi connectivity index (χ3v) is 6.48. The quantitative estimate of drug-likeness (QED) is 0.645. The summed E-state index contributed by atoms with van der Waals surface area (Å²) in [6.45, 7) is 3.16. The topological polar surface area (TPSA) is 80.8 Å². The van der Waals surface area contributed by atoms with Crippen molar-refractivity contribution < 1.29 is 24.9 Å². The molecule has 2 saturated heterocycles. The van der Waals surface area contributed by atoms with Gasteiger partial charge in [-0.1, -0.05) is 17.8 Å². The molecule has 0 bridgehead atoms. The van der Waals surface area contributed by atoms with Gasteiger partial charge in [-0.05, 0) is 17.7 Å². The zero-order valence-electron chi connectivity index (χ0n) is 13.0. The highest BCUT2D eigenvalue weighted by molar-refractivity contribution is 8.00. The smallest absolute Gasteiger partial charge is 0.279 e. The van der Waals surface area contributed by atoms with E-state index in [2.05, 4.69) is 16.0 Å². The molecule has 23 heavy (non-hydrogen) atoms. The largest absolute Gasteiger partial charge is 0.454 e. The Labute approximate surface area is 139 Å². The molecule has 1 aromatic carbocycles. The van der Waals surface area contributed by atoms with Crippen LogP contribution >= 0.6 is 11.8 Å². The molecule has 3 aliphatic rings. The molecule has 1 atom stereocenters. The first-order valence-electron chi connectivity index (χ1n) is 8.22. The third-order valence-electron chi connectivity index (χ3n) is 4.84. The highest BCUT2D eigenvalue weighted by atomic mass is 32.2. The number of carbonyl (C=O) groups is 1. The molecule has 0 aliphatic carbocycles. The molecule has 0 unspecified atom stereocenters. The van der Waals surface area contributed by atoms with Gasteiger partial charge in [-0.25, -0.2) is 0 Å². The number of nitrogens with two attached hydrogens (primary N) is 2. The number of quaternary nitrogens is 2. The number of thioether (sulfide) groups is 1. The first kappa shape index (κ1) is 15.1. The summed E-state index contributed by atoms with van der Waals surface area (Å²) in [6.07, 6.45) is 2.37. The molecule has 3 aliphatic heterocycles. The number of piperidine rings is 1. The minimum atomic E-state index is 0.0344. The van der Waals surface area contributed by atoms with Crippen LogP contribution in [0.15, 0.2) is 18.2 Å². The normalized spacial score (nSPS) is 24.8. The average molecular weight is 337 g/mol. The second kappa shape index (κ2) is 6.22. The number of hydrogen-bond acceptors (Lipinski definition) is 4. The molecule has 2 fully saturated rings. The molecule has 124 valence electrons. The molecule has 1 aromatic rings. The van der Waals surface area contributed by atoms with Crippen LogP contribution in [0.1, 0.15) is 18.4 Å². The van der Waals surface area contributed by atoms with Gasteiger partial charge in [0.05, 0.1) is 31.7 Å². The number of nitrogens with one attached hydrogen (secondary N) is 1. The molecular formula is C16H23N3O3S+2. The molecule has 1 spiro atoms. The van der Waals surface area contributed by atoms with Crippen LogP contribution in [0.3, 0.4) is 0 Å². The van der Waals surface area contributed by atoms with Crippen molar-refractivity contribution in [3.8, 4) is 11.5 Å². The summed E-state index contributed by atoms with van der Waals surface area (Å²) in [6, 6.07) is 5.84. The number of carbonyl (C=O) groups excluding carboxylic acids is 1. The van der Waals surface area contributed by atoms with Crippen molar-refractivity contribution in [2.45, 2.75) is 30.3 Å². The van der Waals surface area contributed by atoms with E-state index in [0.29, 0.717) is 6.54 Å². The Hall–Kier alpha value is -1.44. The van der Waals surface area contributed by atoms with Crippen molar-refractivity contribution in [3.05, 3.63) is 23.8 Å². The summed E-state index contributed by atoms with van der Waals surface area (Å²) in [5.74, 6) is 2.59. The van der Waals surface area contributed by atoms with Crippen LogP contribution in [-0.4, -0.2) is 42.5 Å². The number of amides is 1. The Morgan fingerprint density at radius 3 is 3.00 bits per heavy atom. The molecule has 0 radical (unpaired) electrons. The molecule has 7 heteroatoms. The van der Waals surface area contributed by atoms with E-state index in [1.807, 2.05) is 30.0 Å². The highest BCUT2D eigenvalue weighted by Crippen LogP contribution is 2.33. The predicted molar refractivity (Wildman–Crippen MR) is 86.2 cm³/mol. The maximum absolute atomic E-state index is 12.5. The number of hydrogen-bond donors (Lipinski definition) is 3. The third kappa shape index (κ3) is 3.13. The van der Waals surface area contributed by atoms with Crippen LogP contribution < -0.4 is 25.4 Å². The van der Waals surface area contributed by atoms with Crippen LogP contribution in [0.5, 0.6) is 11.5 Å². The van der Waals surface area contributed by atoms with Gasteiger partial charge in [0.1, 0.15) is 0 Å². The average Bonchev–Trinajstić information content (AvgIpc) is 3.20. The minimum Gasteiger partial charge on any atom is -0.454 e. The standard InChI is InChI=1S/C16H21N3O3S/c20-15(12-9-23-16(19-12)3-5-17-6-4-16)18-8-11-1-2-13-14(7-11)22-10-21-13/h1-2,7,12,17,19H,3-6,8-10H2,(H,18,20)/p+2/t12-/m1/s1. The Bertz CT molecular complexity index is 604. The van der Waals surface area contributed by atoms with Crippen molar-refractivity contribution in [3.63, 3.8) is 0 Å². The number of fused-ring (bicyclic) bond motifs is 1. The summed E-state index contributed by atoms with van der Waals surface area (Å²) in [5.41, 5.74) is 1.04. The zero-order chi connectivity index (χ0) is 15.7. The van der Waals surface area contributed by atoms with Gasteiger partial charge in [-0.3, -0.25) is 4.79 Å². The van der Waals surface area contributed by atoms with Gasteiger partial charge in [0, 0.05) is 6.54 Å². The van der Waals surface area contributed by atoms with Gasteiger partial charge >= 0.3 is 0 Å². The lowest BCUT2D eigenvalue weighted by molar-refractivity contribution is -0.747. The van der Waals surface area contributed by atoms with E-state index in [1.54, 1.807) is 0 Å². The fourth-order valence-electron chi connectivity index (χ4n) is 3.51. The van der Waals surface area contributed by atoms with Crippen LogP contribution in [0.4, 0.5) is 0 Å². The van der Waals surface area contributed by atoms with E-state index in [4.69, 9.17) is 9.47 Å². The molecule has 4 rings (SSSR count). The van der Waals surface area contributed by atoms with Crippen molar-refractivity contribution in [2.75, 3.05) is 25.6 Å². The SMILES string of the molecule is O=C(NCc1ccc2c(c1)OCO2)[C@H]1CSC2(CC[NH2+]CC2)[NH2+]1. The summed E-state index contributed by atoms with van der Waals surface area (Å²) in [7, 11) is 0. The first-order chi connectivity index (χ1) is 11.2. The fourth-order valence-corrected chi connectivity index (χ4v) is 5.06. The Morgan fingerprint density at radius 2 is 2.13 bits per heavy atom. The van der Waals surface area contributed by atoms with E-state index in [0.717, 1.165) is 22.8 Å². The second-order valence-electron chi connectivity index (χ2n) is 6.42. The summed E-state index contributed by atoms with van der Waals surface area (Å²) in [4.78, 5) is 12.7. The van der Waals surface area contributed by atoms with Crippen LogP contribution in [-0.2, 0) is 11.3 Å². The van der Waals surface area contributed by atoms with Crippen LogP contribution in [0.2, 0.25) is 0 Å². The van der Waals surface area contributed by atoms with Gasteiger partial charge in [0.2, 0.25) is 6.79 Å². The van der Waals surface area contributed by atoms with Crippen LogP contribution in [0.25, 0.3) is 0 Å². The van der Waals surface area contributed by atoms with Gasteiger partial charge in [-0.15, -0.1) is 0 Å². The molecule has 5 N–H and O–H groups in total. The minimum absolute atomic E-state index is 0.0344. The Balaban J connectivity index is 1.32. The second-order valence-corrected chi connectivity index (χ2v) is 7.86. The van der Waals surface area contributed by atoms with Crippen molar-refractivity contribution in [1.82, 2.24) is 5.32 Å². The maximum atomic E-state index is 12.5. The number of ether oxygens (including phenoxy) is 2. The summed E-state index contributed by atoms with van der Waals surface area (Å²) >= 11 is 1.97. The lowest BCUT2D eigenvalue weighted by Crippen LogP contribution is -3.03. The molecule has 0 saturated carbocycles. The van der Waals surface area contributed by atoms with Crippen LogP contribution in [0, 0.1) is 0 Å². The molecule has 0 aromatic heterocycles. The van der Waals surface area contributed by atoms with Gasteiger partial charge in [0.15, 0.2) is 22.4 Å². The van der Waals surface area contributed by atoms with Gasteiger partial charge < -0.3 is 25.4 Å². The highest BCUT2D eigenvalue weighted by Gasteiger charge is 2.48. The fraction of sp³-hybridized carbons (Fsp3) is 0.562. The Morgan fingerprint density at radius 1 is 1.30 bits per heavy atom. The molecular weight excluding hydrogens is 314 g/mol. The number of rotatable bonds is 3. The molecule has 1 amide bonds. The van der Waals surface area contributed by atoms with E-state index >= 15 is 0 Å². The molecule has 3 heterocycles. The summed E-state index contributed by atoms with van der Waals surface area (Å²) < 4.78 is 10.7. The zero-order valence-corrected chi connectivity index (χ0v) is 13.9.